The van der Waals surface area contributed by atoms with E-state index in [0.717, 1.165) is 11.9 Å². The standard InChI is InChI=1S/C9H10N3O3P/c13-16(14,15)9-10-7-11-12(9)6-8-4-2-1-3-5-8/h1-5,7H,6H2,(H2,13,14,15). The monoisotopic (exact) mass is 239 g/mol. The predicted octanol–water partition coefficient (Wildman–Crippen LogP) is 0.129. The molecule has 0 amide bonds. The molecule has 2 aromatic rings. The molecule has 0 bridgehead atoms. The van der Waals surface area contributed by atoms with Crippen LogP contribution in [0.1, 0.15) is 5.56 Å². The molecule has 84 valence electrons. The van der Waals surface area contributed by atoms with Gasteiger partial charge in [0.15, 0.2) is 0 Å². The Balaban J connectivity index is 2.30. The van der Waals surface area contributed by atoms with Crippen molar-refractivity contribution in [2.24, 2.45) is 0 Å². The van der Waals surface area contributed by atoms with Crippen molar-refractivity contribution in [3.05, 3.63) is 42.2 Å². The fraction of sp³-hybridized carbons (Fsp3) is 0.111. The summed E-state index contributed by atoms with van der Waals surface area (Å²) in [5, 5.41) is 3.79. The lowest BCUT2D eigenvalue weighted by molar-refractivity contribution is 0.382. The van der Waals surface area contributed by atoms with Gasteiger partial charge < -0.3 is 9.79 Å². The highest BCUT2D eigenvalue weighted by atomic mass is 31.2. The first-order valence-electron chi connectivity index (χ1n) is 4.55. The topological polar surface area (TPSA) is 88.2 Å². The predicted molar refractivity (Wildman–Crippen MR) is 57.2 cm³/mol. The minimum Gasteiger partial charge on any atom is -0.319 e. The summed E-state index contributed by atoms with van der Waals surface area (Å²) in [6.45, 7) is 0.293. The fourth-order valence-corrected chi connectivity index (χ4v) is 1.98. The molecule has 0 saturated carbocycles. The van der Waals surface area contributed by atoms with Gasteiger partial charge in [0.1, 0.15) is 6.33 Å². The summed E-state index contributed by atoms with van der Waals surface area (Å²) in [5.41, 5.74) is 0.596. The molecule has 0 saturated heterocycles. The first kappa shape index (κ1) is 11.0. The smallest absolute Gasteiger partial charge is 0.319 e. The lowest BCUT2D eigenvalue weighted by atomic mass is 10.2. The van der Waals surface area contributed by atoms with Crippen LogP contribution in [0.3, 0.4) is 0 Å². The minimum atomic E-state index is -4.36. The van der Waals surface area contributed by atoms with Crippen molar-refractivity contribution in [3.63, 3.8) is 0 Å². The summed E-state index contributed by atoms with van der Waals surface area (Å²) in [7, 11) is -4.36. The molecular weight excluding hydrogens is 229 g/mol. The van der Waals surface area contributed by atoms with Crippen molar-refractivity contribution < 1.29 is 14.4 Å². The van der Waals surface area contributed by atoms with Crippen LogP contribution in [0, 0.1) is 0 Å². The van der Waals surface area contributed by atoms with Crippen LogP contribution in [0.2, 0.25) is 0 Å². The second kappa shape index (κ2) is 4.17. The van der Waals surface area contributed by atoms with E-state index in [1.807, 2.05) is 30.3 Å². The van der Waals surface area contributed by atoms with Crippen molar-refractivity contribution in [1.82, 2.24) is 14.8 Å². The number of aromatic nitrogens is 3. The Morgan fingerprint density at radius 1 is 1.25 bits per heavy atom. The molecule has 2 N–H and O–H groups in total. The highest BCUT2D eigenvalue weighted by Crippen LogP contribution is 2.31. The largest absolute Gasteiger partial charge is 0.393 e. The third-order valence-electron chi connectivity index (χ3n) is 2.03. The summed E-state index contributed by atoms with van der Waals surface area (Å²) < 4.78 is 12.3. The Morgan fingerprint density at radius 3 is 2.56 bits per heavy atom. The molecule has 0 aliphatic heterocycles. The highest BCUT2D eigenvalue weighted by molar-refractivity contribution is 7.59. The average molecular weight is 239 g/mol. The van der Waals surface area contributed by atoms with Gasteiger partial charge in [-0.3, -0.25) is 4.57 Å². The second-order valence-corrected chi connectivity index (χ2v) is 4.74. The van der Waals surface area contributed by atoms with E-state index in [0.29, 0.717) is 6.54 Å². The van der Waals surface area contributed by atoms with Crippen molar-refractivity contribution in [1.29, 1.82) is 0 Å². The molecule has 0 spiro atoms. The maximum absolute atomic E-state index is 11.1. The van der Waals surface area contributed by atoms with Crippen LogP contribution in [0.15, 0.2) is 36.7 Å². The summed E-state index contributed by atoms with van der Waals surface area (Å²) in [5.74, 6) is 0. The number of nitrogens with zero attached hydrogens (tertiary/aromatic N) is 3. The summed E-state index contributed by atoms with van der Waals surface area (Å²) >= 11 is 0. The zero-order valence-electron chi connectivity index (χ0n) is 8.26. The van der Waals surface area contributed by atoms with E-state index >= 15 is 0 Å². The molecule has 6 nitrogen and oxygen atoms in total. The molecule has 0 aliphatic carbocycles. The fourth-order valence-electron chi connectivity index (χ4n) is 1.35. The maximum atomic E-state index is 11.1. The summed E-state index contributed by atoms with van der Waals surface area (Å²) in [6.07, 6.45) is 1.14. The summed E-state index contributed by atoms with van der Waals surface area (Å²) in [4.78, 5) is 21.6. The van der Waals surface area contributed by atoms with Gasteiger partial charge >= 0.3 is 7.60 Å². The molecule has 7 heteroatoms. The molecule has 1 aromatic carbocycles. The van der Waals surface area contributed by atoms with Gasteiger partial charge in [0, 0.05) is 0 Å². The van der Waals surface area contributed by atoms with Crippen molar-refractivity contribution in [3.8, 4) is 0 Å². The lowest BCUT2D eigenvalue weighted by Crippen LogP contribution is -2.21. The first-order chi connectivity index (χ1) is 7.57. The van der Waals surface area contributed by atoms with Crippen LogP contribution in [0.25, 0.3) is 0 Å². The van der Waals surface area contributed by atoms with Crippen LogP contribution in [-0.4, -0.2) is 24.6 Å². The Morgan fingerprint density at radius 2 is 1.94 bits per heavy atom. The Labute approximate surface area is 91.7 Å². The molecule has 2 rings (SSSR count). The van der Waals surface area contributed by atoms with E-state index in [9.17, 15) is 4.57 Å². The molecule has 0 fully saturated rings. The van der Waals surface area contributed by atoms with Gasteiger partial charge in [0.05, 0.1) is 6.54 Å². The number of hydrogen-bond donors (Lipinski definition) is 2. The van der Waals surface area contributed by atoms with Gasteiger partial charge in [-0.15, -0.1) is 0 Å². The third kappa shape index (κ3) is 2.36. The molecule has 0 atom stereocenters. The van der Waals surface area contributed by atoms with Gasteiger partial charge in [-0.25, -0.2) is 9.67 Å². The van der Waals surface area contributed by atoms with Gasteiger partial charge in [0.25, 0.3) is 0 Å². The number of benzene rings is 1. The van der Waals surface area contributed by atoms with Crippen LogP contribution >= 0.6 is 7.60 Å². The molecule has 0 unspecified atom stereocenters. The van der Waals surface area contributed by atoms with E-state index in [1.54, 1.807) is 0 Å². The molecule has 16 heavy (non-hydrogen) atoms. The zero-order valence-corrected chi connectivity index (χ0v) is 9.16. The van der Waals surface area contributed by atoms with E-state index < -0.39 is 7.60 Å². The SMILES string of the molecule is O=P(O)(O)c1ncnn1Cc1ccccc1. The maximum Gasteiger partial charge on any atom is 0.393 e. The Bertz CT molecular complexity index is 520. The third-order valence-corrected chi connectivity index (χ3v) is 2.90. The van der Waals surface area contributed by atoms with Gasteiger partial charge in [0.2, 0.25) is 5.57 Å². The molecular formula is C9H10N3O3P. The molecule has 0 radical (unpaired) electrons. The van der Waals surface area contributed by atoms with E-state index in [-0.39, 0.29) is 5.57 Å². The second-order valence-electron chi connectivity index (χ2n) is 3.25. The van der Waals surface area contributed by atoms with Crippen molar-refractivity contribution in [2.75, 3.05) is 0 Å². The molecule has 1 heterocycles. The van der Waals surface area contributed by atoms with E-state index in [2.05, 4.69) is 10.1 Å². The highest BCUT2D eigenvalue weighted by Gasteiger charge is 2.24. The number of rotatable bonds is 3. The van der Waals surface area contributed by atoms with Crippen LogP contribution in [0.4, 0.5) is 0 Å². The Kier molecular flexibility index (Phi) is 2.87. The van der Waals surface area contributed by atoms with Crippen molar-refractivity contribution >= 4 is 13.2 Å². The summed E-state index contributed by atoms with van der Waals surface area (Å²) in [6, 6.07) is 9.28. The Hall–Kier alpha value is -1.49. The van der Waals surface area contributed by atoms with Gasteiger partial charge in [-0.05, 0) is 5.56 Å². The quantitative estimate of drug-likeness (QED) is 0.743. The zero-order chi connectivity index (χ0) is 11.6. The van der Waals surface area contributed by atoms with Crippen LogP contribution < -0.4 is 5.57 Å². The van der Waals surface area contributed by atoms with E-state index in [1.165, 1.54) is 4.68 Å². The minimum absolute atomic E-state index is 0.293. The van der Waals surface area contributed by atoms with Crippen LogP contribution in [-0.2, 0) is 11.1 Å². The average Bonchev–Trinajstić information content (AvgIpc) is 2.67. The van der Waals surface area contributed by atoms with Gasteiger partial charge in [-0.1, -0.05) is 30.3 Å². The van der Waals surface area contributed by atoms with Crippen LogP contribution in [0.5, 0.6) is 0 Å². The normalized spacial score (nSPS) is 11.6. The van der Waals surface area contributed by atoms with Crippen molar-refractivity contribution in [2.45, 2.75) is 6.54 Å². The lowest BCUT2D eigenvalue weighted by Gasteiger charge is -2.06. The number of hydrogen-bond acceptors (Lipinski definition) is 3. The van der Waals surface area contributed by atoms with E-state index in [4.69, 9.17) is 9.79 Å². The first-order valence-corrected chi connectivity index (χ1v) is 6.16. The van der Waals surface area contributed by atoms with Gasteiger partial charge in [-0.2, -0.15) is 5.10 Å². The molecule has 0 aliphatic rings. The molecule has 1 aromatic heterocycles.